The maximum Gasteiger partial charge on any atom is 0.150 e. The van der Waals surface area contributed by atoms with Crippen molar-refractivity contribution >= 4 is 23.2 Å². The van der Waals surface area contributed by atoms with Gasteiger partial charge in [-0.1, -0.05) is 56.8 Å². The number of hydrogen-bond acceptors (Lipinski definition) is 2. The van der Waals surface area contributed by atoms with Gasteiger partial charge >= 0.3 is 0 Å². The van der Waals surface area contributed by atoms with E-state index >= 15 is 0 Å². The van der Waals surface area contributed by atoms with Crippen LogP contribution in [0.3, 0.4) is 0 Å². The molecule has 0 amide bonds. The summed E-state index contributed by atoms with van der Waals surface area (Å²) in [5.41, 5.74) is 10.8. The van der Waals surface area contributed by atoms with Gasteiger partial charge in [0.15, 0.2) is 0 Å². The summed E-state index contributed by atoms with van der Waals surface area (Å²) in [7, 11) is 0. The number of rotatable bonds is 3. The zero-order valence-electron chi connectivity index (χ0n) is 17.0. The number of allylic oxidation sites excluding steroid dienone is 1. The van der Waals surface area contributed by atoms with Gasteiger partial charge < -0.3 is 4.90 Å². The van der Waals surface area contributed by atoms with Crippen molar-refractivity contribution in [1.29, 1.82) is 0 Å². The molecule has 2 nitrogen and oxygen atoms in total. The number of aryl methyl sites for hydroxylation is 1. The van der Waals surface area contributed by atoms with Crippen LogP contribution >= 0.6 is 0 Å². The lowest BCUT2D eigenvalue weighted by molar-refractivity contribution is -0.103. The van der Waals surface area contributed by atoms with E-state index in [2.05, 4.69) is 79.9 Å². The van der Waals surface area contributed by atoms with E-state index in [1.165, 1.54) is 39.2 Å². The molecular formula is C27H25NO. The number of carbonyl (C=O) groups excluding carboxylic acids is 1. The highest BCUT2D eigenvalue weighted by Gasteiger charge is 2.35. The first-order chi connectivity index (χ1) is 14.0. The number of benzene rings is 3. The minimum atomic E-state index is 0.00606. The summed E-state index contributed by atoms with van der Waals surface area (Å²) in [6.07, 6.45) is 2.97. The quantitative estimate of drug-likeness (QED) is 0.394. The lowest BCUT2D eigenvalue weighted by Crippen LogP contribution is -2.25. The molecule has 2 aliphatic rings. The molecule has 3 aromatic carbocycles. The largest absolute Gasteiger partial charge is 0.341 e. The molecule has 0 spiro atoms. The van der Waals surface area contributed by atoms with Crippen LogP contribution in [0.2, 0.25) is 0 Å². The highest BCUT2D eigenvalue weighted by molar-refractivity contribution is 6.06. The smallest absolute Gasteiger partial charge is 0.150 e. The molecule has 29 heavy (non-hydrogen) atoms. The van der Waals surface area contributed by atoms with Crippen LogP contribution in [0.5, 0.6) is 0 Å². The van der Waals surface area contributed by atoms with Gasteiger partial charge in [-0.25, -0.2) is 0 Å². The number of aldehydes is 1. The van der Waals surface area contributed by atoms with Gasteiger partial charge in [0, 0.05) is 28.9 Å². The molecule has 0 unspecified atom stereocenters. The second-order valence-corrected chi connectivity index (χ2v) is 8.64. The molecule has 0 fully saturated rings. The first-order valence-corrected chi connectivity index (χ1v) is 10.3. The fourth-order valence-electron chi connectivity index (χ4n) is 4.99. The van der Waals surface area contributed by atoms with Crippen LogP contribution in [0.1, 0.15) is 42.5 Å². The third kappa shape index (κ3) is 2.66. The second kappa shape index (κ2) is 6.45. The zero-order valence-corrected chi connectivity index (χ0v) is 17.0. The fraction of sp³-hybridized carbons (Fsp3) is 0.222. The average Bonchev–Trinajstić information content (AvgIpc) is 2.99. The van der Waals surface area contributed by atoms with Crippen molar-refractivity contribution in [3.05, 3.63) is 89.5 Å². The fourth-order valence-corrected chi connectivity index (χ4v) is 4.99. The third-order valence-corrected chi connectivity index (χ3v) is 6.59. The van der Waals surface area contributed by atoms with Crippen molar-refractivity contribution in [3.8, 4) is 11.1 Å². The standard InChI is InChI=1S/C27H25NO/c1-18(17-29)19-10-13-26-20(15-19)7-6-14-28(26)21-11-12-23-22-8-4-5-9-24(22)27(2,3)25(23)16-21/h4-5,8-13,15-17H,1,6-7,14H2,2-3H3. The Morgan fingerprint density at radius 2 is 1.79 bits per heavy atom. The maximum atomic E-state index is 11.1. The molecule has 0 aromatic heterocycles. The number of fused-ring (bicyclic) bond motifs is 4. The van der Waals surface area contributed by atoms with Crippen LogP contribution in [0.4, 0.5) is 11.4 Å². The monoisotopic (exact) mass is 379 g/mol. The Balaban J connectivity index is 1.59. The molecule has 0 saturated heterocycles. The molecular weight excluding hydrogens is 354 g/mol. The Morgan fingerprint density at radius 1 is 1.00 bits per heavy atom. The summed E-state index contributed by atoms with van der Waals surface area (Å²) in [4.78, 5) is 13.5. The third-order valence-electron chi connectivity index (χ3n) is 6.59. The summed E-state index contributed by atoms with van der Waals surface area (Å²) in [5, 5.41) is 0. The molecule has 3 aromatic rings. The lowest BCUT2D eigenvalue weighted by Gasteiger charge is -2.33. The van der Waals surface area contributed by atoms with E-state index in [-0.39, 0.29) is 5.41 Å². The molecule has 1 heterocycles. The van der Waals surface area contributed by atoms with Gasteiger partial charge in [0.05, 0.1) is 0 Å². The average molecular weight is 380 g/mol. The molecule has 0 bridgehead atoms. The minimum absolute atomic E-state index is 0.00606. The van der Waals surface area contributed by atoms with Crippen molar-refractivity contribution in [1.82, 2.24) is 0 Å². The number of carbonyl (C=O) groups is 1. The van der Waals surface area contributed by atoms with Crippen molar-refractivity contribution < 1.29 is 4.79 Å². The van der Waals surface area contributed by atoms with Crippen LogP contribution in [0.25, 0.3) is 16.7 Å². The van der Waals surface area contributed by atoms with Crippen LogP contribution < -0.4 is 4.90 Å². The minimum Gasteiger partial charge on any atom is -0.341 e. The first-order valence-electron chi connectivity index (χ1n) is 10.3. The highest BCUT2D eigenvalue weighted by atomic mass is 16.1. The van der Waals surface area contributed by atoms with E-state index < -0.39 is 0 Å². The molecule has 0 atom stereocenters. The summed E-state index contributed by atoms with van der Waals surface area (Å²) in [5.74, 6) is 0. The molecule has 0 N–H and O–H groups in total. The van der Waals surface area contributed by atoms with E-state index in [9.17, 15) is 4.79 Å². The summed E-state index contributed by atoms with van der Waals surface area (Å²) < 4.78 is 0. The Hall–Kier alpha value is -3.13. The molecule has 0 radical (unpaired) electrons. The molecule has 144 valence electrons. The summed E-state index contributed by atoms with van der Waals surface area (Å²) >= 11 is 0. The van der Waals surface area contributed by atoms with Gasteiger partial charge in [0.1, 0.15) is 6.29 Å². The van der Waals surface area contributed by atoms with Crippen LogP contribution in [0, 0.1) is 0 Å². The van der Waals surface area contributed by atoms with Gasteiger partial charge in [-0.15, -0.1) is 0 Å². The van der Waals surface area contributed by atoms with Crippen molar-refractivity contribution in [3.63, 3.8) is 0 Å². The van der Waals surface area contributed by atoms with Crippen LogP contribution in [-0.2, 0) is 16.6 Å². The predicted molar refractivity (Wildman–Crippen MR) is 121 cm³/mol. The number of nitrogens with zero attached hydrogens (tertiary/aromatic N) is 1. The Bertz CT molecular complexity index is 1150. The van der Waals surface area contributed by atoms with Gasteiger partial charge in [-0.05, 0) is 70.5 Å². The predicted octanol–water partition coefficient (Wildman–Crippen LogP) is 6.29. The van der Waals surface area contributed by atoms with Gasteiger partial charge in [-0.2, -0.15) is 0 Å². The molecule has 0 saturated carbocycles. The zero-order chi connectivity index (χ0) is 20.2. The molecule has 1 aliphatic heterocycles. The molecule has 2 heteroatoms. The van der Waals surface area contributed by atoms with Gasteiger partial charge in [-0.3, -0.25) is 4.79 Å². The van der Waals surface area contributed by atoms with E-state index in [1.807, 2.05) is 6.07 Å². The Morgan fingerprint density at radius 3 is 2.62 bits per heavy atom. The summed E-state index contributed by atoms with van der Waals surface area (Å²) in [6.45, 7) is 9.51. The Labute approximate surface area is 172 Å². The number of anilines is 2. The van der Waals surface area contributed by atoms with Crippen LogP contribution in [-0.4, -0.2) is 12.8 Å². The first kappa shape index (κ1) is 17.9. The maximum absolute atomic E-state index is 11.1. The molecule has 5 rings (SSSR count). The normalized spacial score (nSPS) is 16.0. The van der Waals surface area contributed by atoms with Crippen molar-refractivity contribution in [2.75, 3.05) is 11.4 Å². The molecule has 1 aliphatic carbocycles. The van der Waals surface area contributed by atoms with E-state index in [0.717, 1.165) is 31.2 Å². The number of hydrogen-bond donors (Lipinski definition) is 0. The Kier molecular flexibility index (Phi) is 3.99. The van der Waals surface area contributed by atoms with Crippen molar-refractivity contribution in [2.24, 2.45) is 0 Å². The van der Waals surface area contributed by atoms with E-state index in [4.69, 9.17) is 0 Å². The SMILES string of the molecule is C=C(C=O)c1ccc2c(c1)CCCN2c1ccc2c(c1)C(C)(C)c1ccccc1-2. The van der Waals surface area contributed by atoms with E-state index in [1.54, 1.807) is 0 Å². The van der Waals surface area contributed by atoms with Crippen molar-refractivity contribution in [2.45, 2.75) is 32.1 Å². The summed E-state index contributed by atoms with van der Waals surface area (Å²) in [6, 6.07) is 22.0. The second-order valence-electron chi connectivity index (χ2n) is 8.64. The van der Waals surface area contributed by atoms with Gasteiger partial charge in [0.2, 0.25) is 0 Å². The van der Waals surface area contributed by atoms with Gasteiger partial charge in [0.25, 0.3) is 0 Å². The van der Waals surface area contributed by atoms with E-state index in [0.29, 0.717) is 5.57 Å². The topological polar surface area (TPSA) is 20.3 Å². The van der Waals surface area contributed by atoms with Crippen LogP contribution in [0.15, 0.2) is 67.2 Å². The lowest BCUT2D eigenvalue weighted by atomic mass is 9.82. The highest BCUT2D eigenvalue weighted by Crippen LogP contribution is 2.50.